The zero-order valence-corrected chi connectivity index (χ0v) is 13.4. The maximum absolute atomic E-state index is 12.2. The van der Waals surface area contributed by atoms with Crippen molar-refractivity contribution in [3.63, 3.8) is 0 Å². The highest BCUT2D eigenvalue weighted by Crippen LogP contribution is 2.13. The van der Waals surface area contributed by atoms with Crippen molar-refractivity contribution in [1.29, 1.82) is 0 Å². The molecule has 110 valence electrons. The Balaban J connectivity index is 2.57. The summed E-state index contributed by atoms with van der Waals surface area (Å²) in [5.74, 6) is -0.691. The van der Waals surface area contributed by atoms with Gasteiger partial charge in [0, 0.05) is 16.2 Å². The third kappa shape index (κ3) is 3.39. The van der Waals surface area contributed by atoms with E-state index in [4.69, 9.17) is 4.74 Å². The van der Waals surface area contributed by atoms with Gasteiger partial charge in [0.1, 0.15) is 0 Å². The Labute approximate surface area is 130 Å². The van der Waals surface area contributed by atoms with E-state index in [9.17, 15) is 9.59 Å². The SMILES string of the molecule is CCOC(=O)c1nn(-c2ccc(Br)cc2)cc(CC)c1=O. The molecule has 0 N–H and O–H groups in total. The van der Waals surface area contributed by atoms with Crippen molar-refractivity contribution in [2.45, 2.75) is 20.3 Å². The summed E-state index contributed by atoms with van der Waals surface area (Å²) in [5, 5.41) is 4.11. The first-order chi connectivity index (χ1) is 10.1. The Morgan fingerprint density at radius 3 is 2.52 bits per heavy atom. The van der Waals surface area contributed by atoms with Crippen LogP contribution in [0.2, 0.25) is 0 Å². The zero-order chi connectivity index (χ0) is 15.4. The van der Waals surface area contributed by atoms with Gasteiger partial charge in [-0.05, 0) is 37.6 Å². The summed E-state index contributed by atoms with van der Waals surface area (Å²) in [7, 11) is 0. The van der Waals surface area contributed by atoms with Crippen molar-refractivity contribution in [2.24, 2.45) is 0 Å². The number of carbonyl (C=O) groups is 1. The minimum absolute atomic E-state index is 0.181. The van der Waals surface area contributed by atoms with Crippen LogP contribution in [-0.2, 0) is 11.2 Å². The largest absolute Gasteiger partial charge is 0.461 e. The Kier molecular flexibility index (Phi) is 4.90. The number of hydrogen-bond donors (Lipinski definition) is 0. The first kappa shape index (κ1) is 15.4. The van der Waals surface area contributed by atoms with Crippen LogP contribution in [0, 0.1) is 0 Å². The Morgan fingerprint density at radius 1 is 1.29 bits per heavy atom. The molecule has 0 bridgehead atoms. The lowest BCUT2D eigenvalue weighted by Gasteiger charge is -2.10. The van der Waals surface area contributed by atoms with Gasteiger partial charge in [-0.2, -0.15) is 5.10 Å². The van der Waals surface area contributed by atoms with Crippen molar-refractivity contribution >= 4 is 21.9 Å². The maximum atomic E-state index is 12.2. The molecule has 0 amide bonds. The normalized spacial score (nSPS) is 10.4. The molecule has 21 heavy (non-hydrogen) atoms. The molecule has 1 aromatic heterocycles. The molecule has 0 radical (unpaired) electrons. The molecule has 0 unspecified atom stereocenters. The lowest BCUT2D eigenvalue weighted by atomic mass is 10.2. The van der Waals surface area contributed by atoms with Crippen molar-refractivity contribution < 1.29 is 9.53 Å². The van der Waals surface area contributed by atoms with Crippen LogP contribution in [0.3, 0.4) is 0 Å². The van der Waals surface area contributed by atoms with Crippen LogP contribution < -0.4 is 5.43 Å². The number of esters is 1. The third-order valence-corrected chi connectivity index (χ3v) is 3.46. The second kappa shape index (κ2) is 6.67. The summed E-state index contributed by atoms with van der Waals surface area (Å²) < 4.78 is 7.36. The van der Waals surface area contributed by atoms with Gasteiger partial charge in [-0.1, -0.05) is 22.9 Å². The lowest BCUT2D eigenvalue weighted by molar-refractivity contribution is 0.0515. The van der Waals surface area contributed by atoms with Crippen molar-refractivity contribution in [3.05, 3.63) is 56.4 Å². The van der Waals surface area contributed by atoms with E-state index in [1.807, 2.05) is 31.2 Å². The lowest BCUT2D eigenvalue weighted by Crippen LogP contribution is -2.26. The molecule has 1 heterocycles. The monoisotopic (exact) mass is 350 g/mol. The van der Waals surface area contributed by atoms with Crippen LogP contribution in [0.4, 0.5) is 0 Å². The van der Waals surface area contributed by atoms with E-state index in [0.29, 0.717) is 12.0 Å². The van der Waals surface area contributed by atoms with E-state index >= 15 is 0 Å². The topological polar surface area (TPSA) is 61.2 Å². The fourth-order valence-corrected chi connectivity index (χ4v) is 2.12. The molecule has 0 aliphatic carbocycles. The summed E-state index contributed by atoms with van der Waals surface area (Å²) >= 11 is 3.36. The van der Waals surface area contributed by atoms with E-state index in [0.717, 1.165) is 10.2 Å². The Hall–Kier alpha value is -1.95. The summed E-state index contributed by atoms with van der Waals surface area (Å²) in [6.45, 7) is 3.75. The first-order valence-corrected chi connectivity index (χ1v) is 7.42. The van der Waals surface area contributed by atoms with Gasteiger partial charge in [-0.25, -0.2) is 9.48 Å². The minimum Gasteiger partial charge on any atom is -0.461 e. The molecule has 6 heteroatoms. The number of halogens is 1. The fraction of sp³-hybridized carbons (Fsp3) is 0.267. The Morgan fingerprint density at radius 2 is 1.95 bits per heavy atom. The van der Waals surface area contributed by atoms with Gasteiger partial charge < -0.3 is 4.74 Å². The molecule has 5 nitrogen and oxygen atoms in total. The van der Waals surface area contributed by atoms with Crippen molar-refractivity contribution in [3.8, 4) is 5.69 Å². The van der Waals surface area contributed by atoms with E-state index in [1.165, 1.54) is 4.68 Å². The van der Waals surface area contributed by atoms with Gasteiger partial charge in [0.25, 0.3) is 0 Å². The fourth-order valence-electron chi connectivity index (χ4n) is 1.85. The number of aryl methyl sites for hydroxylation is 1. The average Bonchev–Trinajstić information content (AvgIpc) is 2.48. The van der Waals surface area contributed by atoms with Crippen LogP contribution in [0.15, 0.2) is 39.7 Å². The molecule has 1 aromatic carbocycles. The molecule has 0 saturated heterocycles. The molecular formula is C15H15BrN2O3. The highest BCUT2D eigenvalue weighted by atomic mass is 79.9. The van der Waals surface area contributed by atoms with Crippen LogP contribution in [-0.4, -0.2) is 22.4 Å². The van der Waals surface area contributed by atoms with Crippen LogP contribution >= 0.6 is 15.9 Å². The second-order valence-corrected chi connectivity index (χ2v) is 5.24. The van der Waals surface area contributed by atoms with Gasteiger partial charge in [0.2, 0.25) is 11.1 Å². The van der Waals surface area contributed by atoms with E-state index in [1.54, 1.807) is 13.1 Å². The van der Waals surface area contributed by atoms with Crippen molar-refractivity contribution in [1.82, 2.24) is 9.78 Å². The van der Waals surface area contributed by atoms with Gasteiger partial charge in [0.15, 0.2) is 0 Å². The average molecular weight is 351 g/mol. The smallest absolute Gasteiger partial charge is 0.362 e. The Bertz CT molecular complexity index is 708. The summed E-state index contributed by atoms with van der Waals surface area (Å²) in [6.07, 6.45) is 2.17. The van der Waals surface area contributed by atoms with Gasteiger partial charge in [0.05, 0.1) is 12.3 Å². The zero-order valence-electron chi connectivity index (χ0n) is 11.8. The van der Waals surface area contributed by atoms with Crippen LogP contribution in [0.5, 0.6) is 0 Å². The number of rotatable bonds is 4. The molecule has 0 saturated carbocycles. The summed E-state index contributed by atoms with van der Waals surface area (Å²) in [4.78, 5) is 24.0. The predicted molar refractivity (Wildman–Crippen MR) is 82.9 cm³/mol. The maximum Gasteiger partial charge on any atom is 0.362 e. The molecular weight excluding hydrogens is 336 g/mol. The number of aromatic nitrogens is 2. The molecule has 2 rings (SSSR count). The van der Waals surface area contributed by atoms with E-state index in [2.05, 4.69) is 21.0 Å². The first-order valence-electron chi connectivity index (χ1n) is 6.62. The standard InChI is InChI=1S/C15H15BrN2O3/c1-3-10-9-18(12-7-5-11(16)6-8-12)17-13(14(10)19)15(20)21-4-2/h5-9H,3-4H2,1-2H3. The highest BCUT2D eigenvalue weighted by Gasteiger charge is 2.17. The number of carbonyl (C=O) groups excluding carboxylic acids is 1. The van der Waals surface area contributed by atoms with Gasteiger partial charge in [-0.15, -0.1) is 0 Å². The molecule has 0 aliphatic rings. The van der Waals surface area contributed by atoms with Crippen LogP contribution in [0.1, 0.15) is 29.9 Å². The van der Waals surface area contributed by atoms with E-state index in [-0.39, 0.29) is 17.7 Å². The van der Waals surface area contributed by atoms with Crippen molar-refractivity contribution in [2.75, 3.05) is 6.61 Å². The number of ether oxygens (including phenoxy) is 1. The van der Waals surface area contributed by atoms with Crippen LogP contribution in [0.25, 0.3) is 5.69 Å². The molecule has 0 atom stereocenters. The number of hydrogen-bond acceptors (Lipinski definition) is 4. The third-order valence-electron chi connectivity index (χ3n) is 2.93. The van der Waals surface area contributed by atoms with E-state index < -0.39 is 5.97 Å². The highest BCUT2D eigenvalue weighted by molar-refractivity contribution is 9.10. The second-order valence-electron chi connectivity index (χ2n) is 4.33. The molecule has 0 fully saturated rings. The summed E-state index contributed by atoms with van der Waals surface area (Å²) in [6, 6.07) is 7.42. The minimum atomic E-state index is -0.691. The predicted octanol–water partition coefficient (Wildman–Crippen LogP) is 2.73. The summed E-state index contributed by atoms with van der Waals surface area (Å²) in [5.41, 5.74) is 0.734. The molecule has 0 aliphatic heterocycles. The number of nitrogens with zero attached hydrogens (tertiary/aromatic N) is 2. The van der Waals surface area contributed by atoms with Gasteiger partial charge >= 0.3 is 5.97 Å². The quantitative estimate of drug-likeness (QED) is 0.795. The molecule has 2 aromatic rings. The van der Waals surface area contributed by atoms with Gasteiger partial charge in [-0.3, -0.25) is 4.79 Å². The number of benzene rings is 1. The molecule has 0 spiro atoms.